The molecular formula is C21H28N4O2. The fourth-order valence-corrected chi connectivity index (χ4v) is 3.44. The summed E-state index contributed by atoms with van der Waals surface area (Å²) in [6.45, 7) is 6.49. The number of nitrogens with zero attached hydrogens (tertiary/aromatic N) is 4. The van der Waals surface area contributed by atoms with Crippen molar-refractivity contribution in [2.75, 3.05) is 31.6 Å². The van der Waals surface area contributed by atoms with Gasteiger partial charge >= 0.3 is 0 Å². The monoisotopic (exact) mass is 368 g/mol. The van der Waals surface area contributed by atoms with E-state index < -0.39 is 0 Å². The van der Waals surface area contributed by atoms with Crippen molar-refractivity contribution in [3.63, 3.8) is 0 Å². The number of likely N-dealkylation sites (tertiary alicyclic amines) is 1. The van der Waals surface area contributed by atoms with E-state index in [0.29, 0.717) is 13.1 Å². The van der Waals surface area contributed by atoms with Gasteiger partial charge in [0.1, 0.15) is 17.4 Å². The van der Waals surface area contributed by atoms with Gasteiger partial charge in [0, 0.05) is 31.4 Å². The number of hydrogen-bond donors (Lipinski definition) is 0. The van der Waals surface area contributed by atoms with Crippen LogP contribution in [0, 0.1) is 13.8 Å². The molecule has 0 saturated carbocycles. The van der Waals surface area contributed by atoms with E-state index in [1.54, 1.807) is 7.11 Å². The Balaban J connectivity index is 1.81. The number of carbonyl (C=O) groups excluding carboxylic acids is 1. The van der Waals surface area contributed by atoms with Crippen molar-refractivity contribution in [2.24, 2.45) is 0 Å². The van der Waals surface area contributed by atoms with E-state index in [1.807, 2.05) is 54.0 Å². The van der Waals surface area contributed by atoms with E-state index in [0.717, 1.165) is 54.6 Å². The van der Waals surface area contributed by atoms with E-state index >= 15 is 0 Å². The second-order valence-electron chi connectivity index (χ2n) is 7.06. The summed E-state index contributed by atoms with van der Waals surface area (Å²) >= 11 is 0. The number of aromatic nitrogens is 2. The van der Waals surface area contributed by atoms with Crippen molar-refractivity contribution in [1.29, 1.82) is 0 Å². The number of anilines is 1. The Morgan fingerprint density at radius 2 is 1.81 bits per heavy atom. The van der Waals surface area contributed by atoms with Gasteiger partial charge < -0.3 is 14.5 Å². The van der Waals surface area contributed by atoms with Gasteiger partial charge in [0.15, 0.2) is 0 Å². The fourth-order valence-electron chi connectivity index (χ4n) is 3.44. The van der Waals surface area contributed by atoms with E-state index in [4.69, 9.17) is 4.74 Å². The van der Waals surface area contributed by atoms with Crippen LogP contribution < -0.4 is 9.64 Å². The van der Waals surface area contributed by atoms with E-state index in [9.17, 15) is 4.79 Å². The molecule has 1 aliphatic heterocycles. The third kappa shape index (κ3) is 5.18. The number of rotatable bonds is 6. The minimum absolute atomic E-state index is 0.164. The van der Waals surface area contributed by atoms with Gasteiger partial charge in [-0.2, -0.15) is 0 Å². The maximum atomic E-state index is 12.9. The van der Waals surface area contributed by atoms with Crippen LogP contribution in [0.2, 0.25) is 0 Å². The molecule has 2 heterocycles. The molecule has 1 aromatic carbocycles. The van der Waals surface area contributed by atoms with Crippen molar-refractivity contribution in [1.82, 2.24) is 14.9 Å². The molecule has 27 heavy (non-hydrogen) atoms. The highest BCUT2D eigenvalue weighted by molar-refractivity contribution is 5.81. The van der Waals surface area contributed by atoms with Gasteiger partial charge in [0.25, 0.3) is 0 Å². The van der Waals surface area contributed by atoms with Gasteiger partial charge in [-0.05, 0) is 50.8 Å². The molecule has 1 saturated heterocycles. The summed E-state index contributed by atoms with van der Waals surface area (Å²) in [5.41, 5.74) is 2.01. The highest BCUT2D eigenvalue weighted by atomic mass is 16.5. The van der Waals surface area contributed by atoms with E-state index in [1.165, 1.54) is 6.42 Å². The third-order valence-corrected chi connectivity index (χ3v) is 4.84. The van der Waals surface area contributed by atoms with Crippen LogP contribution >= 0.6 is 0 Å². The molecule has 0 N–H and O–H groups in total. The Bertz CT molecular complexity index is 750. The van der Waals surface area contributed by atoms with Crippen LogP contribution in [0.25, 0.3) is 0 Å². The standard InChI is InChI=1S/C21H28N4O2/c1-16-13-20(23-17(2)22-16)25(14-18-7-9-19(27-3)10-8-18)15-21(26)24-11-5-4-6-12-24/h7-10,13H,4-6,11-12,14-15H2,1-3H3. The van der Waals surface area contributed by atoms with Crippen LogP contribution in [0.3, 0.4) is 0 Å². The number of hydrogen-bond acceptors (Lipinski definition) is 5. The third-order valence-electron chi connectivity index (χ3n) is 4.84. The summed E-state index contributed by atoms with van der Waals surface area (Å²) in [6, 6.07) is 9.88. The molecule has 0 atom stereocenters. The minimum Gasteiger partial charge on any atom is -0.497 e. The van der Waals surface area contributed by atoms with Crippen LogP contribution in [-0.2, 0) is 11.3 Å². The number of aryl methyl sites for hydroxylation is 2. The van der Waals surface area contributed by atoms with Gasteiger partial charge in [-0.3, -0.25) is 4.79 Å². The van der Waals surface area contributed by atoms with Gasteiger partial charge in [0.2, 0.25) is 5.91 Å². The number of methoxy groups -OCH3 is 1. The minimum atomic E-state index is 0.164. The average Bonchev–Trinajstić information content (AvgIpc) is 2.68. The summed E-state index contributed by atoms with van der Waals surface area (Å²) in [5, 5.41) is 0. The number of carbonyl (C=O) groups is 1. The van der Waals surface area contributed by atoms with Crippen LogP contribution in [0.5, 0.6) is 5.75 Å². The second kappa shape index (κ2) is 8.84. The van der Waals surface area contributed by atoms with Crippen molar-refractivity contribution in [3.8, 4) is 5.75 Å². The fraction of sp³-hybridized carbons (Fsp3) is 0.476. The van der Waals surface area contributed by atoms with Crippen molar-refractivity contribution in [3.05, 3.63) is 47.4 Å². The Morgan fingerprint density at radius 1 is 1.11 bits per heavy atom. The molecule has 1 aromatic heterocycles. The SMILES string of the molecule is COc1ccc(CN(CC(=O)N2CCCCC2)c2cc(C)nc(C)n2)cc1. The molecule has 1 fully saturated rings. The maximum Gasteiger partial charge on any atom is 0.242 e. The van der Waals surface area contributed by atoms with Gasteiger partial charge in [0.05, 0.1) is 13.7 Å². The highest BCUT2D eigenvalue weighted by Gasteiger charge is 2.21. The van der Waals surface area contributed by atoms with Crippen LogP contribution in [0.4, 0.5) is 5.82 Å². The molecule has 0 spiro atoms. The molecule has 1 aliphatic rings. The molecular weight excluding hydrogens is 340 g/mol. The molecule has 1 amide bonds. The molecule has 6 nitrogen and oxygen atoms in total. The summed E-state index contributed by atoms with van der Waals surface area (Å²) < 4.78 is 5.24. The first-order chi connectivity index (χ1) is 13.0. The smallest absolute Gasteiger partial charge is 0.242 e. The normalized spacial score (nSPS) is 14.1. The van der Waals surface area contributed by atoms with Crippen molar-refractivity contribution < 1.29 is 9.53 Å². The van der Waals surface area contributed by atoms with Crippen LogP contribution in [0.1, 0.15) is 36.3 Å². The first-order valence-electron chi connectivity index (χ1n) is 9.53. The van der Waals surface area contributed by atoms with Crippen LogP contribution in [-0.4, -0.2) is 47.5 Å². The van der Waals surface area contributed by atoms with E-state index in [-0.39, 0.29) is 5.91 Å². The van der Waals surface area contributed by atoms with Gasteiger partial charge in [-0.15, -0.1) is 0 Å². The number of amides is 1. The second-order valence-corrected chi connectivity index (χ2v) is 7.06. The first-order valence-corrected chi connectivity index (χ1v) is 9.53. The predicted octanol–water partition coefficient (Wildman–Crippen LogP) is 3.12. The van der Waals surface area contributed by atoms with Crippen molar-refractivity contribution >= 4 is 11.7 Å². The molecule has 6 heteroatoms. The lowest BCUT2D eigenvalue weighted by atomic mass is 10.1. The molecule has 0 radical (unpaired) electrons. The summed E-state index contributed by atoms with van der Waals surface area (Å²) in [6.07, 6.45) is 3.40. The lowest BCUT2D eigenvalue weighted by Crippen LogP contribution is -2.43. The van der Waals surface area contributed by atoms with E-state index in [2.05, 4.69) is 9.97 Å². The lowest BCUT2D eigenvalue weighted by Gasteiger charge is -2.30. The molecule has 0 bridgehead atoms. The highest BCUT2D eigenvalue weighted by Crippen LogP contribution is 2.19. The summed E-state index contributed by atoms with van der Waals surface area (Å²) in [4.78, 5) is 25.8. The predicted molar refractivity (Wildman–Crippen MR) is 106 cm³/mol. The maximum absolute atomic E-state index is 12.9. The zero-order valence-electron chi connectivity index (χ0n) is 16.4. The largest absolute Gasteiger partial charge is 0.497 e. The molecule has 3 rings (SSSR count). The molecule has 0 aliphatic carbocycles. The number of ether oxygens (including phenoxy) is 1. The topological polar surface area (TPSA) is 58.6 Å². The Labute approximate surface area is 161 Å². The molecule has 144 valence electrons. The Morgan fingerprint density at radius 3 is 2.44 bits per heavy atom. The molecule has 0 unspecified atom stereocenters. The first kappa shape index (κ1) is 19.1. The summed E-state index contributed by atoms with van der Waals surface area (Å²) in [7, 11) is 1.66. The molecule has 2 aromatic rings. The quantitative estimate of drug-likeness (QED) is 0.784. The lowest BCUT2D eigenvalue weighted by molar-refractivity contribution is -0.130. The van der Waals surface area contributed by atoms with Crippen molar-refractivity contribution in [2.45, 2.75) is 39.7 Å². The van der Waals surface area contributed by atoms with Crippen LogP contribution in [0.15, 0.2) is 30.3 Å². The van der Waals surface area contributed by atoms with Gasteiger partial charge in [-0.25, -0.2) is 9.97 Å². The summed E-state index contributed by atoms with van der Waals surface area (Å²) in [5.74, 6) is 2.50. The Kier molecular flexibility index (Phi) is 6.27. The number of piperidine rings is 1. The van der Waals surface area contributed by atoms with Gasteiger partial charge in [-0.1, -0.05) is 12.1 Å². The zero-order chi connectivity index (χ0) is 19.2. The zero-order valence-corrected chi connectivity index (χ0v) is 16.4. The Hall–Kier alpha value is -2.63. The average molecular weight is 368 g/mol. The number of benzene rings is 1.